The lowest BCUT2D eigenvalue weighted by Crippen LogP contribution is -2.47. The van der Waals surface area contributed by atoms with Crippen LogP contribution in [0.2, 0.25) is 0 Å². The maximum absolute atomic E-state index is 6.44. The van der Waals surface area contributed by atoms with E-state index in [4.69, 9.17) is 5.73 Å². The molecule has 3 heteroatoms. The molecule has 0 saturated heterocycles. The zero-order valence-electron chi connectivity index (χ0n) is 11.1. The van der Waals surface area contributed by atoms with Crippen molar-refractivity contribution in [1.82, 2.24) is 4.90 Å². The molecular formula is C15H24N2S. The Bertz CT molecular complexity index is 359. The Balaban J connectivity index is 1.71. The molecule has 2 fully saturated rings. The minimum Gasteiger partial charge on any atom is -0.326 e. The third kappa shape index (κ3) is 2.95. The highest BCUT2D eigenvalue weighted by molar-refractivity contribution is 7.09. The SMILES string of the molecule is NC1CCCCCC1N(Cc1cccs1)C1CC1. The molecule has 2 saturated carbocycles. The molecule has 0 radical (unpaired) electrons. The van der Waals surface area contributed by atoms with Gasteiger partial charge in [0.05, 0.1) is 0 Å². The first-order valence-electron chi connectivity index (χ1n) is 7.38. The van der Waals surface area contributed by atoms with Gasteiger partial charge in [-0.3, -0.25) is 4.90 Å². The van der Waals surface area contributed by atoms with Gasteiger partial charge in [-0.15, -0.1) is 11.3 Å². The summed E-state index contributed by atoms with van der Waals surface area (Å²) in [5.74, 6) is 0. The van der Waals surface area contributed by atoms with Gasteiger partial charge in [-0.1, -0.05) is 25.3 Å². The Morgan fingerprint density at radius 2 is 2.00 bits per heavy atom. The Morgan fingerprint density at radius 1 is 1.17 bits per heavy atom. The van der Waals surface area contributed by atoms with E-state index in [2.05, 4.69) is 22.4 Å². The topological polar surface area (TPSA) is 29.3 Å². The number of nitrogens with zero attached hydrogens (tertiary/aromatic N) is 1. The van der Waals surface area contributed by atoms with Gasteiger partial charge in [0, 0.05) is 29.5 Å². The molecule has 2 N–H and O–H groups in total. The van der Waals surface area contributed by atoms with Crippen LogP contribution in [0.25, 0.3) is 0 Å². The highest BCUT2D eigenvalue weighted by Crippen LogP contribution is 2.34. The van der Waals surface area contributed by atoms with Crippen LogP contribution in [0.5, 0.6) is 0 Å². The first-order valence-corrected chi connectivity index (χ1v) is 8.26. The lowest BCUT2D eigenvalue weighted by atomic mass is 10.0. The molecular weight excluding hydrogens is 240 g/mol. The number of thiophene rings is 1. The van der Waals surface area contributed by atoms with E-state index in [1.807, 2.05) is 11.3 Å². The molecule has 0 aliphatic heterocycles. The van der Waals surface area contributed by atoms with Crippen molar-refractivity contribution >= 4 is 11.3 Å². The van der Waals surface area contributed by atoms with Crippen molar-refractivity contribution in [3.63, 3.8) is 0 Å². The van der Waals surface area contributed by atoms with Gasteiger partial charge in [0.25, 0.3) is 0 Å². The van der Waals surface area contributed by atoms with Gasteiger partial charge >= 0.3 is 0 Å². The smallest absolute Gasteiger partial charge is 0.0334 e. The molecule has 1 heterocycles. The van der Waals surface area contributed by atoms with Gasteiger partial charge in [-0.25, -0.2) is 0 Å². The maximum Gasteiger partial charge on any atom is 0.0334 e. The Hall–Kier alpha value is -0.380. The fraction of sp³-hybridized carbons (Fsp3) is 0.733. The minimum atomic E-state index is 0.396. The van der Waals surface area contributed by atoms with Gasteiger partial charge < -0.3 is 5.73 Å². The van der Waals surface area contributed by atoms with Gasteiger partial charge in [-0.2, -0.15) is 0 Å². The lowest BCUT2D eigenvalue weighted by molar-refractivity contribution is 0.146. The van der Waals surface area contributed by atoms with E-state index < -0.39 is 0 Å². The molecule has 0 amide bonds. The molecule has 0 aromatic carbocycles. The van der Waals surface area contributed by atoms with Crippen LogP contribution in [0.15, 0.2) is 17.5 Å². The monoisotopic (exact) mass is 264 g/mol. The Labute approximate surface area is 114 Å². The van der Waals surface area contributed by atoms with Crippen molar-refractivity contribution in [1.29, 1.82) is 0 Å². The summed E-state index contributed by atoms with van der Waals surface area (Å²) in [6.07, 6.45) is 9.37. The van der Waals surface area contributed by atoms with Crippen molar-refractivity contribution in [2.75, 3.05) is 0 Å². The van der Waals surface area contributed by atoms with Crippen LogP contribution < -0.4 is 5.73 Å². The second-order valence-corrected chi connectivity index (χ2v) is 6.88. The summed E-state index contributed by atoms with van der Waals surface area (Å²) in [6.45, 7) is 1.13. The number of hydrogen-bond donors (Lipinski definition) is 1. The summed E-state index contributed by atoms with van der Waals surface area (Å²) in [5.41, 5.74) is 6.44. The van der Waals surface area contributed by atoms with Crippen LogP contribution in [-0.4, -0.2) is 23.0 Å². The van der Waals surface area contributed by atoms with Crippen molar-refractivity contribution in [2.24, 2.45) is 5.73 Å². The number of rotatable bonds is 4. The number of hydrogen-bond acceptors (Lipinski definition) is 3. The van der Waals surface area contributed by atoms with E-state index in [1.165, 1.54) is 49.8 Å². The van der Waals surface area contributed by atoms with E-state index in [1.54, 1.807) is 0 Å². The standard InChI is InChI=1S/C15H24N2S/c16-14-6-2-1-3-7-15(14)17(12-8-9-12)11-13-5-4-10-18-13/h4-5,10,12,14-15H,1-3,6-9,11,16H2. The first-order chi connectivity index (χ1) is 8.84. The van der Waals surface area contributed by atoms with Gasteiger partial charge in [0.15, 0.2) is 0 Å². The molecule has 2 nitrogen and oxygen atoms in total. The molecule has 1 aromatic heterocycles. The highest BCUT2D eigenvalue weighted by atomic mass is 32.1. The summed E-state index contributed by atoms with van der Waals surface area (Å²) in [7, 11) is 0. The van der Waals surface area contributed by atoms with E-state index in [0.29, 0.717) is 12.1 Å². The minimum absolute atomic E-state index is 0.396. The van der Waals surface area contributed by atoms with Crippen LogP contribution in [0.1, 0.15) is 49.8 Å². The molecule has 2 atom stereocenters. The summed E-state index contributed by atoms with van der Waals surface area (Å²) in [6, 6.07) is 6.27. The Kier molecular flexibility index (Phi) is 4.02. The summed E-state index contributed by atoms with van der Waals surface area (Å²) in [5, 5.41) is 2.19. The third-order valence-electron chi connectivity index (χ3n) is 4.39. The summed E-state index contributed by atoms with van der Waals surface area (Å²) < 4.78 is 0. The van der Waals surface area contributed by atoms with Gasteiger partial charge in [-0.05, 0) is 37.1 Å². The summed E-state index contributed by atoms with van der Waals surface area (Å²) >= 11 is 1.88. The average Bonchev–Trinajstić information content (AvgIpc) is 3.12. The van der Waals surface area contributed by atoms with E-state index in [9.17, 15) is 0 Å². The second kappa shape index (κ2) is 5.72. The largest absolute Gasteiger partial charge is 0.326 e. The van der Waals surface area contributed by atoms with Crippen LogP contribution in [0.3, 0.4) is 0 Å². The van der Waals surface area contributed by atoms with Crippen LogP contribution in [0.4, 0.5) is 0 Å². The highest BCUT2D eigenvalue weighted by Gasteiger charge is 2.36. The predicted molar refractivity (Wildman–Crippen MR) is 77.7 cm³/mol. The van der Waals surface area contributed by atoms with Crippen molar-refractivity contribution in [3.05, 3.63) is 22.4 Å². The van der Waals surface area contributed by atoms with Crippen molar-refractivity contribution in [3.8, 4) is 0 Å². The molecule has 0 spiro atoms. The zero-order chi connectivity index (χ0) is 12.4. The average molecular weight is 264 g/mol. The van der Waals surface area contributed by atoms with Crippen LogP contribution >= 0.6 is 11.3 Å². The lowest BCUT2D eigenvalue weighted by Gasteiger charge is -2.34. The maximum atomic E-state index is 6.44. The van der Waals surface area contributed by atoms with Crippen molar-refractivity contribution in [2.45, 2.75) is 69.6 Å². The Morgan fingerprint density at radius 3 is 2.72 bits per heavy atom. The molecule has 18 heavy (non-hydrogen) atoms. The molecule has 2 aliphatic rings. The second-order valence-electron chi connectivity index (χ2n) is 5.85. The molecule has 2 aliphatic carbocycles. The first kappa shape index (κ1) is 12.6. The molecule has 0 bridgehead atoms. The van der Waals surface area contributed by atoms with E-state index in [0.717, 1.165) is 12.6 Å². The third-order valence-corrected chi connectivity index (χ3v) is 5.25. The molecule has 3 rings (SSSR count). The van der Waals surface area contributed by atoms with Crippen molar-refractivity contribution < 1.29 is 0 Å². The zero-order valence-corrected chi connectivity index (χ0v) is 11.9. The van der Waals surface area contributed by atoms with Crippen LogP contribution in [0, 0.1) is 0 Å². The quantitative estimate of drug-likeness (QED) is 0.845. The fourth-order valence-electron chi connectivity index (χ4n) is 3.23. The normalized spacial score (nSPS) is 29.4. The van der Waals surface area contributed by atoms with Gasteiger partial charge in [0.1, 0.15) is 0 Å². The number of nitrogens with two attached hydrogens (primary N) is 1. The summed E-state index contributed by atoms with van der Waals surface area (Å²) in [4.78, 5) is 4.22. The molecule has 2 unspecified atom stereocenters. The van der Waals surface area contributed by atoms with E-state index >= 15 is 0 Å². The van der Waals surface area contributed by atoms with Gasteiger partial charge in [0.2, 0.25) is 0 Å². The van der Waals surface area contributed by atoms with E-state index in [-0.39, 0.29) is 0 Å². The van der Waals surface area contributed by atoms with Crippen LogP contribution in [-0.2, 0) is 6.54 Å². The fourth-order valence-corrected chi connectivity index (χ4v) is 3.95. The molecule has 100 valence electrons. The molecule has 1 aromatic rings. The predicted octanol–water partition coefficient (Wildman–Crippen LogP) is 3.37.